The largest absolute Gasteiger partial charge is 0.481 e. The minimum Gasteiger partial charge on any atom is -0.481 e. The topological polar surface area (TPSA) is 390 Å². The molecule has 670 valence electrons. The summed E-state index contributed by atoms with van der Waals surface area (Å²) in [5.41, 5.74) is 0. The van der Waals surface area contributed by atoms with Crippen molar-refractivity contribution in [1.82, 2.24) is 0 Å². The summed E-state index contributed by atoms with van der Waals surface area (Å²) in [6, 6.07) is 0. The van der Waals surface area contributed by atoms with Crippen molar-refractivity contribution in [2.45, 2.75) is 425 Å². The number of esters is 12. The molecule has 0 atom stereocenters. The Morgan fingerprint density at radius 1 is 0.164 bits per heavy atom. The van der Waals surface area contributed by atoms with Gasteiger partial charge in [-0.1, -0.05) is 285 Å². The first-order chi connectivity index (χ1) is 56.1. The second-order valence-electron chi connectivity index (χ2n) is 30.3. The van der Waals surface area contributed by atoms with Crippen LogP contribution >= 0.6 is 0 Å². The molecule has 0 aromatic rings. The van der Waals surface area contributed by atoms with Crippen molar-refractivity contribution in [3.8, 4) is 0 Å². The third-order valence-electron chi connectivity index (χ3n) is 19.3. The quantitative estimate of drug-likeness (QED) is 0.0324. The Bertz CT molecular complexity index is 2390. The van der Waals surface area contributed by atoms with Gasteiger partial charge in [0.1, 0.15) is 52.9 Å². The van der Waals surface area contributed by atoms with Gasteiger partial charge in [0.15, 0.2) is 24.4 Å². The van der Waals surface area contributed by atoms with E-state index in [4.69, 9.17) is 67.1 Å². The molecule has 116 heavy (non-hydrogen) atoms. The highest BCUT2D eigenvalue weighted by Gasteiger charge is 2.27. The van der Waals surface area contributed by atoms with E-state index in [1.54, 1.807) is 0 Å². The minimum atomic E-state index is -1.61. The summed E-state index contributed by atoms with van der Waals surface area (Å²) < 4.78 is 64.6. The molecule has 28 heteroatoms. The van der Waals surface area contributed by atoms with Crippen LogP contribution in [0.1, 0.15) is 400 Å². The molecule has 0 unspecified atom stereocenters. The first-order valence-electron chi connectivity index (χ1n) is 44.6. The lowest BCUT2D eigenvalue weighted by molar-refractivity contribution is -0.171. The Kier molecular flexibility index (Phi) is 73.7. The molecule has 0 heterocycles. The van der Waals surface area contributed by atoms with Crippen LogP contribution in [-0.4, -0.2) is 171 Å². The van der Waals surface area contributed by atoms with Crippen LogP contribution in [-0.2, 0) is 124 Å². The van der Waals surface area contributed by atoms with Gasteiger partial charge in [0.05, 0.1) is 64.2 Å². The summed E-state index contributed by atoms with van der Waals surface area (Å²) in [4.78, 5) is 178. The summed E-state index contributed by atoms with van der Waals surface area (Å²) in [6.45, 7) is 3.90. The van der Waals surface area contributed by atoms with Gasteiger partial charge in [0, 0.05) is 25.7 Å². The Balaban J connectivity index is 6.31. The molecule has 0 amide bonds. The van der Waals surface area contributed by atoms with E-state index in [9.17, 15) is 67.1 Å². The van der Waals surface area contributed by atoms with Crippen LogP contribution in [0, 0.1) is 0 Å². The zero-order valence-electron chi connectivity index (χ0n) is 71.5. The molecule has 0 aliphatic carbocycles. The molecule has 0 fully saturated rings. The fourth-order valence-corrected chi connectivity index (χ4v) is 12.3. The van der Waals surface area contributed by atoms with Crippen LogP contribution in [0.4, 0.5) is 0 Å². The van der Waals surface area contributed by atoms with Crippen molar-refractivity contribution >= 4 is 83.6 Å². The molecule has 0 rings (SSSR count). The number of rotatable bonds is 83. The van der Waals surface area contributed by atoms with Crippen molar-refractivity contribution in [3.63, 3.8) is 0 Å². The van der Waals surface area contributed by atoms with Crippen LogP contribution in [0.15, 0.2) is 0 Å². The molecule has 0 saturated carbocycles. The van der Waals surface area contributed by atoms with Crippen LogP contribution in [0.25, 0.3) is 0 Å². The lowest BCUT2D eigenvalue weighted by atomic mass is 10.1. The zero-order chi connectivity index (χ0) is 85.5. The molecule has 0 aliphatic rings. The number of carboxylic acid groups (broad SMARTS) is 2. The van der Waals surface area contributed by atoms with Gasteiger partial charge in [-0.2, -0.15) is 0 Å². The van der Waals surface area contributed by atoms with Crippen molar-refractivity contribution in [2.75, 3.05) is 52.9 Å². The van der Waals surface area contributed by atoms with E-state index in [1.165, 1.54) is 154 Å². The van der Waals surface area contributed by atoms with Crippen LogP contribution in [0.5, 0.6) is 0 Å². The average molecular weight is 1660 g/mol. The van der Waals surface area contributed by atoms with Crippen molar-refractivity contribution in [3.05, 3.63) is 0 Å². The highest BCUT2D eigenvalue weighted by Crippen LogP contribution is 2.19. The Labute approximate surface area is 692 Å². The van der Waals surface area contributed by atoms with Gasteiger partial charge in [-0.25, -0.2) is 0 Å². The Morgan fingerprint density at radius 2 is 0.284 bits per heavy atom. The average Bonchev–Trinajstić information content (AvgIpc) is 0.939. The summed E-state index contributed by atoms with van der Waals surface area (Å²) in [5, 5.41) is 17.9. The van der Waals surface area contributed by atoms with E-state index < -0.39 is 225 Å². The molecule has 0 aromatic carbocycles. The summed E-state index contributed by atoms with van der Waals surface area (Å²) in [6.07, 6.45) is 36.4. The third kappa shape index (κ3) is 75.3. The van der Waals surface area contributed by atoms with E-state index in [0.29, 0.717) is 25.7 Å². The fraction of sp³-hybridized carbons (Fsp3) is 0.841. The lowest BCUT2D eigenvalue weighted by Crippen LogP contribution is -2.33. The standard InChI is InChI=1S/C88H150O28/c1-5-9-13-17-21-25-29-33-37-41-45-49-77(93)105-63-71(64-106-78(94)50-46-42-38-34-30-26-22-18-14-10-6-2)113-85(101)59-57-83(99)111-69-74(116-88(104)62-61-87(103)115-73(67-109-81(97)55-53-75(89)90)68-110-82(98)56-54-76(91)92)70-112-84(100)58-60-86(102)114-72(65-107-79(95)51-47-43-39-35-31-27-23-19-15-11-7-3)66-108-80(96)52-48-44-40-36-32-28-24-20-16-12-8-4/h71-74H,5-70H2,1-4H3,(H,89,90)(H,91,92). The van der Waals surface area contributed by atoms with Gasteiger partial charge in [-0.3, -0.25) is 67.1 Å². The van der Waals surface area contributed by atoms with Crippen molar-refractivity contribution < 1.29 is 134 Å². The molecular formula is C88H150O28. The van der Waals surface area contributed by atoms with Gasteiger partial charge in [0.25, 0.3) is 0 Å². The maximum Gasteiger partial charge on any atom is 0.306 e. The maximum absolute atomic E-state index is 13.4. The van der Waals surface area contributed by atoms with E-state index in [0.717, 1.165) is 103 Å². The van der Waals surface area contributed by atoms with Gasteiger partial charge < -0.3 is 67.1 Å². The van der Waals surface area contributed by atoms with Gasteiger partial charge in [-0.05, 0) is 25.7 Å². The van der Waals surface area contributed by atoms with E-state index in [1.807, 2.05) is 0 Å². The molecule has 0 aromatic heterocycles. The summed E-state index contributed by atoms with van der Waals surface area (Å²) in [5.74, 6) is -13.0. The lowest BCUT2D eigenvalue weighted by Gasteiger charge is -2.20. The molecule has 2 N–H and O–H groups in total. The molecular weight excluding hydrogens is 1500 g/mol. The predicted molar refractivity (Wildman–Crippen MR) is 433 cm³/mol. The maximum atomic E-state index is 13.4. The van der Waals surface area contributed by atoms with Gasteiger partial charge in [0.2, 0.25) is 0 Å². The van der Waals surface area contributed by atoms with Gasteiger partial charge in [-0.15, -0.1) is 0 Å². The zero-order valence-corrected chi connectivity index (χ0v) is 71.5. The normalized spacial score (nSPS) is 11.1. The molecule has 0 spiro atoms. The predicted octanol–water partition coefficient (Wildman–Crippen LogP) is 17.9. The summed E-state index contributed by atoms with van der Waals surface area (Å²) in [7, 11) is 0. The number of carbonyl (C=O) groups is 14. The number of ether oxygens (including phenoxy) is 12. The molecule has 0 radical (unpaired) electrons. The Morgan fingerprint density at radius 3 is 0.431 bits per heavy atom. The first-order valence-corrected chi connectivity index (χ1v) is 44.6. The monoisotopic (exact) mass is 1660 g/mol. The highest BCUT2D eigenvalue weighted by atomic mass is 16.6. The molecule has 28 nitrogen and oxygen atoms in total. The smallest absolute Gasteiger partial charge is 0.306 e. The van der Waals surface area contributed by atoms with Crippen molar-refractivity contribution in [1.29, 1.82) is 0 Å². The Hall–Kier alpha value is -7.42. The number of unbranched alkanes of at least 4 members (excludes halogenated alkanes) is 40. The van der Waals surface area contributed by atoms with E-state index >= 15 is 0 Å². The van der Waals surface area contributed by atoms with Crippen LogP contribution < -0.4 is 0 Å². The number of carboxylic acids is 2. The second kappa shape index (κ2) is 78.7. The SMILES string of the molecule is CCCCCCCCCCCCCC(=O)OCC(COC(=O)CCCCCCCCCCCCC)OC(=O)CCC(=O)OCC(COC(=O)CCC(=O)OC(COC(=O)CCCCCCCCCCCCC)COC(=O)CCCCCCCCCCCCC)OC(=O)CCC(=O)OC(COC(=O)CCC(=O)O)COC(=O)CCC(=O)O. The number of hydrogen-bond donors (Lipinski definition) is 2. The number of carbonyl (C=O) groups excluding carboxylic acids is 12. The first kappa shape index (κ1) is 109. The summed E-state index contributed by atoms with van der Waals surface area (Å²) >= 11 is 0. The molecule has 0 aliphatic heterocycles. The minimum absolute atomic E-state index is 0.126. The molecule has 0 saturated heterocycles. The van der Waals surface area contributed by atoms with Crippen molar-refractivity contribution in [2.24, 2.45) is 0 Å². The fourth-order valence-electron chi connectivity index (χ4n) is 12.3. The van der Waals surface area contributed by atoms with Gasteiger partial charge >= 0.3 is 83.6 Å². The van der Waals surface area contributed by atoms with Crippen LogP contribution in [0.2, 0.25) is 0 Å². The number of aliphatic carboxylic acids is 2. The second-order valence-corrected chi connectivity index (χ2v) is 30.3. The van der Waals surface area contributed by atoms with E-state index in [2.05, 4.69) is 27.7 Å². The highest BCUT2D eigenvalue weighted by molar-refractivity contribution is 5.81. The van der Waals surface area contributed by atoms with E-state index in [-0.39, 0.29) is 25.7 Å². The third-order valence-corrected chi connectivity index (χ3v) is 19.3. The number of hydrogen-bond acceptors (Lipinski definition) is 26. The molecule has 0 bridgehead atoms. The van der Waals surface area contributed by atoms with Crippen LogP contribution in [0.3, 0.4) is 0 Å².